The van der Waals surface area contributed by atoms with E-state index in [1.807, 2.05) is 40.7 Å². The molecule has 2 aromatic heterocycles. The van der Waals surface area contributed by atoms with Crippen molar-refractivity contribution in [3.63, 3.8) is 0 Å². The lowest BCUT2D eigenvalue weighted by Gasteiger charge is -2.38. The molecule has 7 nitrogen and oxygen atoms in total. The van der Waals surface area contributed by atoms with Crippen molar-refractivity contribution in [1.29, 1.82) is 0 Å². The van der Waals surface area contributed by atoms with E-state index in [0.717, 1.165) is 29.4 Å². The molecule has 1 fully saturated rings. The van der Waals surface area contributed by atoms with Crippen LogP contribution in [0.3, 0.4) is 0 Å². The Bertz CT molecular complexity index is 1440. The van der Waals surface area contributed by atoms with Crippen LogP contribution >= 0.6 is 0 Å². The van der Waals surface area contributed by atoms with Gasteiger partial charge in [0.15, 0.2) is 0 Å². The summed E-state index contributed by atoms with van der Waals surface area (Å²) in [5.74, 6) is 0.0737. The van der Waals surface area contributed by atoms with Crippen LogP contribution in [0.25, 0.3) is 21.8 Å². The predicted molar refractivity (Wildman–Crippen MR) is 137 cm³/mol. The third-order valence-corrected chi connectivity index (χ3v) is 7.30. The molecule has 3 heterocycles. The Kier molecular flexibility index (Phi) is 5.63. The standard InChI is InChI=1S/C27H31N5O2/c1-5-22(26(33)31-15-13-30(14-16-31)23-12-8-9-18(2)19(23)3)32-24-11-7-6-10-20(24)21-17-28-29(4)27(34)25(21)32/h6-12,17,22H,5,13-16H2,1-4H3/t22-/m0/s1. The zero-order valence-electron chi connectivity index (χ0n) is 20.3. The highest BCUT2D eigenvalue weighted by atomic mass is 16.2. The first kappa shape index (κ1) is 22.2. The van der Waals surface area contributed by atoms with Crippen molar-refractivity contribution in [1.82, 2.24) is 19.2 Å². The van der Waals surface area contributed by atoms with Crippen LogP contribution in [0, 0.1) is 13.8 Å². The van der Waals surface area contributed by atoms with E-state index >= 15 is 0 Å². The van der Waals surface area contributed by atoms with Gasteiger partial charge in [-0.15, -0.1) is 0 Å². The third kappa shape index (κ3) is 3.47. The number of carbonyl (C=O) groups excluding carboxylic acids is 1. The summed E-state index contributed by atoms with van der Waals surface area (Å²) in [4.78, 5) is 31.3. The van der Waals surface area contributed by atoms with Crippen molar-refractivity contribution in [2.75, 3.05) is 31.1 Å². The van der Waals surface area contributed by atoms with Crippen LogP contribution in [0.1, 0.15) is 30.5 Å². The van der Waals surface area contributed by atoms with Gasteiger partial charge in [-0.1, -0.05) is 37.3 Å². The van der Waals surface area contributed by atoms with Gasteiger partial charge in [-0.2, -0.15) is 5.10 Å². The summed E-state index contributed by atoms with van der Waals surface area (Å²) in [6.45, 7) is 9.24. The van der Waals surface area contributed by atoms with Crippen LogP contribution in [-0.4, -0.2) is 51.3 Å². The maximum absolute atomic E-state index is 13.8. The fourth-order valence-electron chi connectivity index (χ4n) is 5.24. The number of anilines is 1. The summed E-state index contributed by atoms with van der Waals surface area (Å²) in [5.41, 5.74) is 5.09. The minimum Gasteiger partial charge on any atom is -0.368 e. The number of hydrogen-bond acceptors (Lipinski definition) is 4. The lowest BCUT2D eigenvalue weighted by Crippen LogP contribution is -2.50. The highest BCUT2D eigenvalue weighted by Gasteiger charge is 2.31. The molecule has 0 bridgehead atoms. The molecule has 4 aromatic rings. The normalized spacial score (nSPS) is 15.3. The summed E-state index contributed by atoms with van der Waals surface area (Å²) in [6.07, 6.45) is 2.34. The number of piperazine rings is 1. The summed E-state index contributed by atoms with van der Waals surface area (Å²) in [7, 11) is 1.65. The van der Waals surface area contributed by atoms with Crippen molar-refractivity contribution in [2.45, 2.75) is 33.2 Å². The Hall–Kier alpha value is -3.61. The van der Waals surface area contributed by atoms with Gasteiger partial charge in [-0.25, -0.2) is 4.68 Å². The Morgan fingerprint density at radius 1 is 1.00 bits per heavy atom. The minimum absolute atomic E-state index is 0.0737. The van der Waals surface area contributed by atoms with Crippen LogP contribution in [0.15, 0.2) is 53.5 Å². The van der Waals surface area contributed by atoms with Gasteiger partial charge in [0.2, 0.25) is 5.91 Å². The number of benzene rings is 2. The molecular weight excluding hydrogens is 426 g/mol. The van der Waals surface area contributed by atoms with E-state index in [2.05, 4.69) is 42.0 Å². The molecule has 0 N–H and O–H groups in total. The predicted octanol–water partition coefficient (Wildman–Crippen LogP) is 3.80. The number of aryl methyl sites for hydroxylation is 2. The van der Waals surface area contributed by atoms with Gasteiger partial charge < -0.3 is 14.4 Å². The van der Waals surface area contributed by atoms with E-state index in [9.17, 15) is 9.59 Å². The molecule has 1 aliphatic rings. The van der Waals surface area contributed by atoms with Crippen LogP contribution in [0.2, 0.25) is 0 Å². The van der Waals surface area contributed by atoms with E-state index < -0.39 is 6.04 Å². The molecule has 0 radical (unpaired) electrons. The second kappa shape index (κ2) is 8.63. The summed E-state index contributed by atoms with van der Waals surface area (Å²) in [6, 6.07) is 13.9. The summed E-state index contributed by atoms with van der Waals surface area (Å²) < 4.78 is 3.30. The molecule has 0 spiro atoms. The van der Waals surface area contributed by atoms with Gasteiger partial charge in [-0.3, -0.25) is 9.59 Å². The molecule has 176 valence electrons. The van der Waals surface area contributed by atoms with Crippen LogP contribution < -0.4 is 10.5 Å². The molecule has 34 heavy (non-hydrogen) atoms. The zero-order chi connectivity index (χ0) is 24.0. The number of hydrogen-bond donors (Lipinski definition) is 0. The van der Waals surface area contributed by atoms with E-state index in [0.29, 0.717) is 25.0 Å². The van der Waals surface area contributed by atoms with E-state index in [1.165, 1.54) is 21.5 Å². The number of carbonyl (C=O) groups is 1. The number of amides is 1. The first-order valence-corrected chi connectivity index (χ1v) is 12.0. The Labute approximate surface area is 199 Å². The molecule has 0 unspecified atom stereocenters. The Balaban J connectivity index is 1.48. The molecule has 1 atom stereocenters. The third-order valence-electron chi connectivity index (χ3n) is 7.30. The average Bonchev–Trinajstić information content (AvgIpc) is 3.19. The SMILES string of the molecule is CC[C@@H](C(=O)N1CCN(c2cccc(C)c2C)CC1)n1c2ccccc2c2cnn(C)c(=O)c21. The Morgan fingerprint density at radius 3 is 2.47 bits per heavy atom. The molecule has 1 saturated heterocycles. The van der Waals surface area contributed by atoms with E-state index in [4.69, 9.17) is 0 Å². The molecule has 0 saturated carbocycles. The maximum Gasteiger partial charge on any atom is 0.291 e. The van der Waals surface area contributed by atoms with Crippen molar-refractivity contribution in [3.8, 4) is 0 Å². The molecule has 1 amide bonds. The molecule has 1 aliphatic heterocycles. The van der Waals surface area contributed by atoms with Crippen LogP contribution in [0.4, 0.5) is 5.69 Å². The van der Waals surface area contributed by atoms with Gasteiger partial charge >= 0.3 is 0 Å². The second-order valence-corrected chi connectivity index (χ2v) is 9.18. The molecule has 7 heteroatoms. The molecule has 0 aliphatic carbocycles. The van der Waals surface area contributed by atoms with Crippen LogP contribution in [0.5, 0.6) is 0 Å². The number of para-hydroxylation sites is 1. The fourth-order valence-corrected chi connectivity index (χ4v) is 5.24. The van der Waals surface area contributed by atoms with Crippen molar-refractivity contribution >= 4 is 33.4 Å². The largest absolute Gasteiger partial charge is 0.368 e. The van der Waals surface area contributed by atoms with E-state index in [1.54, 1.807) is 13.2 Å². The van der Waals surface area contributed by atoms with Crippen LogP contribution in [-0.2, 0) is 11.8 Å². The number of aromatic nitrogens is 3. The summed E-state index contributed by atoms with van der Waals surface area (Å²) in [5, 5.41) is 5.98. The average molecular weight is 458 g/mol. The first-order chi connectivity index (χ1) is 16.4. The van der Waals surface area contributed by atoms with Crippen molar-refractivity contribution in [3.05, 3.63) is 70.1 Å². The van der Waals surface area contributed by atoms with Gasteiger partial charge in [0.05, 0.1) is 11.7 Å². The van der Waals surface area contributed by atoms with Gasteiger partial charge in [0.25, 0.3) is 5.56 Å². The smallest absolute Gasteiger partial charge is 0.291 e. The van der Waals surface area contributed by atoms with E-state index in [-0.39, 0.29) is 11.5 Å². The minimum atomic E-state index is -0.440. The lowest BCUT2D eigenvalue weighted by molar-refractivity contribution is -0.135. The number of rotatable bonds is 4. The van der Waals surface area contributed by atoms with Gasteiger partial charge in [0, 0.05) is 49.7 Å². The monoisotopic (exact) mass is 457 g/mol. The number of nitrogens with zero attached hydrogens (tertiary/aromatic N) is 5. The molecular formula is C27H31N5O2. The maximum atomic E-state index is 13.8. The summed E-state index contributed by atoms with van der Waals surface area (Å²) >= 11 is 0. The lowest BCUT2D eigenvalue weighted by atomic mass is 10.1. The second-order valence-electron chi connectivity index (χ2n) is 9.18. The topological polar surface area (TPSA) is 63.4 Å². The molecule has 5 rings (SSSR count). The van der Waals surface area contributed by atoms with Crippen molar-refractivity contribution in [2.24, 2.45) is 7.05 Å². The first-order valence-electron chi connectivity index (χ1n) is 12.0. The zero-order valence-corrected chi connectivity index (χ0v) is 20.3. The Morgan fingerprint density at radius 2 is 1.74 bits per heavy atom. The van der Waals surface area contributed by atoms with Gasteiger partial charge in [0.1, 0.15) is 11.6 Å². The fraction of sp³-hybridized carbons (Fsp3) is 0.370. The quantitative estimate of drug-likeness (QED) is 0.468. The number of fused-ring (bicyclic) bond motifs is 3. The highest BCUT2D eigenvalue weighted by Crippen LogP contribution is 2.32. The van der Waals surface area contributed by atoms with Gasteiger partial charge in [-0.05, 0) is 43.5 Å². The highest BCUT2D eigenvalue weighted by molar-refractivity contribution is 6.08. The van der Waals surface area contributed by atoms with Crippen molar-refractivity contribution < 1.29 is 4.79 Å². The molecule has 2 aromatic carbocycles.